The van der Waals surface area contributed by atoms with E-state index in [-0.39, 0.29) is 6.61 Å². The van der Waals surface area contributed by atoms with E-state index in [0.717, 1.165) is 5.56 Å². The van der Waals surface area contributed by atoms with Gasteiger partial charge in [0.05, 0.1) is 12.3 Å². The zero-order valence-corrected chi connectivity index (χ0v) is 8.68. The highest BCUT2D eigenvalue weighted by Gasteiger charge is 2.00. The lowest BCUT2D eigenvalue weighted by Crippen LogP contribution is -2.01. The maximum atomic E-state index is 8.61. The molecular formula is C11H15NO3. The van der Waals surface area contributed by atoms with Gasteiger partial charge in [0.25, 0.3) is 0 Å². The Morgan fingerprint density at radius 2 is 2.27 bits per heavy atom. The number of hydrogen-bond donors (Lipinski definition) is 2. The molecule has 4 heteroatoms. The van der Waals surface area contributed by atoms with Crippen LogP contribution in [0.1, 0.15) is 18.9 Å². The van der Waals surface area contributed by atoms with E-state index in [1.54, 1.807) is 13.0 Å². The van der Waals surface area contributed by atoms with Gasteiger partial charge in [0.2, 0.25) is 0 Å². The molecular weight excluding hydrogens is 194 g/mol. The first kappa shape index (κ1) is 11.5. The van der Waals surface area contributed by atoms with Crippen LogP contribution in [0, 0.1) is 0 Å². The summed E-state index contributed by atoms with van der Waals surface area (Å²) in [5.74, 6) is 0.712. The molecule has 0 aromatic heterocycles. The lowest BCUT2D eigenvalue weighted by molar-refractivity contribution is 0.233. The van der Waals surface area contributed by atoms with Crippen molar-refractivity contribution >= 4 is 5.71 Å². The van der Waals surface area contributed by atoms with Gasteiger partial charge in [-0.25, -0.2) is 0 Å². The normalized spacial score (nSPS) is 11.5. The summed E-state index contributed by atoms with van der Waals surface area (Å²) in [6.07, 6.45) is 0.608. The summed E-state index contributed by atoms with van der Waals surface area (Å²) in [4.78, 5) is 0. The number of ether oxygens (including phenoxy) is 1. The third-order valence-electron chi connectivity index (χ3n) is 1.97. The minimum Gasteiger partial charge on any atom is -0.493 e. The largest absolute Gasteiger partial charge is 0.493 e. The highest BCUT2D eigenvalue weighted by Crippen LogP contribution is 2.14. The molecule has 82 valence electrons. The number of hydrogen-bond acceptors (Lipinski definition) is 4. The van der Waals surface area contributed by atoms with Gasteiger partial charge in [-0.2, -0.15) is 0 Å². The zero-order valence-electron chi connectivity index (χ0n) is 8.68. The lowest BCUT2D eigenvalue weighted by atomic mass is 10.1. The molecule has 4 nitrogen and oxygen atoms in total. The molecule has 0 heterocycles. The molecule has 0 amide bonds. The smallest absolute Gasteiger partial charge is 0.119 e. The third-order valence-corrected chi connectivity index (χ3v) is 1.97. The second-order valence-electron chi connectivity index (χ2n) is 3.14. The Morgan fingerprint density at radius 1 is 1.47 bits per heavy atom. The molecule has 0 aliphatic carbocycles. The first-order valence-corrected chi connectivity index (χ1v) is 4.80. The van der Waals surface area contributed by atoms with Crippen LogP contribution in [-0.2, 0) is 0 Å². The molecule has 2 N–H and O–H groups in total. The van der Waals surface area contributed by atoms with Gasteiger partial charge in [0.15, 0.2) is 0 Å². The highest BCUT2D eigenvalue weighted by molar-refractivity contribution is 5.98. The van der Waals surface area contributed by atoms with Crippen molar-refractivity contribution in [2.75, 3.05) is 13.2 Å². The van der Waals surface area contributed by atoms with Crippen LogP contribution in [-0.4, -0.2) is 29.2 Å². The second-order valence-corrected chi connectivity index (χ2v) is 3.14. The average molecular weight is 209 g/mol. The first-order chi connectivity index (χ1) is 7.27. The van der Waals surface area contributed by atoms with Gasteiger partial charge in [-0.05, 0) is 19.1 Å². The standard InChI is InChI=1S/C11H15NO3/c1-9(12-14)10-4-2-5-11(8-10)15-7-3-6-13/h2,4-5,8,13-14H,3,6-7H2,1H3. The number of rotatable bonds is 5. The van der Waals surface area contributed by atoms with Crippen molar-refractivity contribution in [3.63, 3.8) is 0 Å². The SMILES string of the molecule is CC(=NO)c1cccc(OCCCO)c1. The van der Waals surface area contributed by atoms with Gasteiger partial charge in [-0.3, -0.25) is 0 Å². The van der Waals surface area contributed by atoms with Crippen molar-refractivity contribution in [1.29, 1.82) is 0 Å². The molecule has 0 aliphatic heterocycles. The van der Waals surface area contributed by atoms with Crippen molar-refractivity contribution in [3.05, 3.63) is 29.8 Å². The second kappa shape index (κ2) is 6.03. The van der Waals surface area contributed by atoms with Crippen molar-refractivity contribution in [1.82, 2.24) is 0 Å². The Balaban J connectivity index is 2.66. The van der Waals surface area contributed by atoms with Crippen LogP contribution in [0.4, 0.5) is 0 Å². The van der Waals surface area contributed by atoms with Crippen LogP contribution in [0.3, 0.4) is 0 Å². The van der Waals surface area contributed by atoms with Gasteiger partial charge in [-0.1, -0.05) is 17.3 Å². The van der Waals surface area contributed by atoms with Gasteiger partial charge in [0.1, 0.15) is 5.75 Å². The zero-order chi connectivity index (χ0) is 11.1. The number of oxime groups is 1. The van der Waals surface area contributed by atoms with Gasteiger partial charge < -0.3 is 15.1 Å². The Labute approximate surface area is 88.8 Å². The molecule has 0 spiro atoms. The molecule has 1 aromatic carbocycles. The van der Waals surface area contributed by atoms with Gasteiger partial charge in [-0.15, -0.1) is 0 Å². The highest BCUT2D eigenvalue weighted by atomic mass is 16.5. The van der Waals surface area contributed by atoms with Crippen LogP contribution in [0.5, 0.6) is 5.75 Å². The molecule has 0 bridgehead atoms. The van der Waals surface area contributed by atoms with Crippen LogP contribution in [0.15, 0.2) is 29.4 Å². The molecule has 1 aromatic rings. The molecule has 15 heavy (non-hydrogen) atoms. The molecule has 0 radical (unpaired) electrons. The summed E-state index contributed by atoms with van der Waals surface area (Å²) in [5, 5.41) is 20.3. The van der Waals surface area contributed by atoms with E-state index in [1.165, 1.54) is 0 Å². The van der Waals surface area contributed by atoms with E-state index in [0.29, 0.717) is 24.5 Å². The van der Waals surface area contributed by atoms with E-state index in [1.807, 2.05) is 18.2 Å². The van der Waals surface area contributed by atoms with Gasteiger partial charge >= 0.3 is 0 Å². The quantitative estimate of drug-likeness (QED) is 0.335. The summed E-state index contributed by atoms with van der Waals surface area (Å²) in [6.45, 7) is 2.32. The van der Waals surface area contributed by atoms with Crippen molar-refractivity contribution in [3.8, 4) is 5.75 Å². The fraction of sp³-hybridized carbons (Fsp3) is 0.364. The first-order valence-electron chi connectivity index (χ1n) is 4.80. The van der Waals surface area contributed by atoms with Gasteiger partial charge in [0, 0.05) is 18.6 Å². The Kier molecular flexibility index (Phi) is 4.63. The molecule has 0 unspecified atom stereocenters. The molecule has 0 saturated heterocycles. The topological polar surface area (TPSA) is 62.1 Å². The van der Waals surface area contributed by atoms with Crippen LogP contribution >= 0.6 is 0 Å². The average Bonchev–Trinajstić information content (AvgIpc) is 2.29. The summed E-state index contributed by atoms with van der Waals surface area (Å²) in [5.41, 5.74) is 1.36. The summed E-state index contributed by atoms with van der Waals surface area (Å²) < 4.78 is 5.39. The molecule has 0 fully saturated rings. The van der Waals surface area contributed by atoms with Crippen LogP contribution < -0.4 is 4.74 Å². The van der Waals surface area contributed by atoms with E-state index >= 15 is 0 Å². The summed E-state index contributed by atoms with van der Waals surface area (Å²) >= 11 is 0. The Bertz CT molecular complexity index is 336. The molecule has 0 atom stereocenters. The molecule has 1 rings (SSSR count). The van der Waals surface area contributed by atoms with Crippen molar-refractivity contribution in [2.24, 2.45) is 5.16 Å². The Hall–Kier alpha value is -1.55. The fourth-order valence-electron chi connectivity index (χ4n) is 1.12. The van der Waals surface area contributed by atoms with Crippen LogP contribution in [0.2, 0.25) is 0 Å². The Morgan fingerprint density at radius 3 is 2.93 bits per heavy atom. The number of aliphatic hydroxyl groups excluding tert-OH is 1. The molecule has 0 saturated carbocycles. The van der Waals surface area contributed by atoms with Crippen LogP contribution in [0.25, 0.3) is 0 Å². The minimum atomic E-state index is 0.122. The van der Waals surface area contributed by atoms with E-state index in [2.05, 4.69) is 5.16 Å². The summed E-state index contributed by atoms with van der Waals surface area (Å²) in [6, 6.07) is 7.30. The predicted octanol–water partition coefficient (Wildman–Crippen LogP) is 1.65. The fourth-order valence-corrected chi connectivity index (χ4v) is 1.12. The van der Waals surface area contributed by atoms with E-state index < -0.39 is 0 Å². The number of nitrogens with zero attached hydrogens (tertiary/aromatic N) is 1. The monoisotopic (exact) mass is 209 g/mol. The molecule has 0 aliphatic rings. The van der Waals surface area contributed by atoms with Crippen molar-refractivity contribution < 1.29 is 15.1 Å². The minimum absolute atomic E-state index is 0.122. The number of aliphatic hydroxyl groups is 1. The third kappa shape index (κ3) is 3.59. The summed E-state index contributed by atoms with van der Waals surface area (Å²) in [7, 11) is 0. The maximum Gasteiger partial charge on any atom is 0.119 e. The van der Waals surface area contributed by atoms with E-state index in [4.69, 9.17) is 15.1 Å². The van der Waals surface area contributed by atoms with Crippen molar-refractivity contribution in [2.45, 2.75) is 13.3 Å². The number of benzene rings is 1. The van der Waals surface area contributed by atoms with E-state index in [9.17, 15) is 0 Å². The lowest BCUT2D eigenvalue weighted by Gasteiger charge is -2.06. The predicted molar refractivity (Wildman–Crippen MR) is 57.6 cm³/mol. The maximum absolute atomic E-state index is 8.61.